The average Bonchev–Trinajstić information content (AvgIpc) is 3.29. The quantitative estimate of drug-likeness (QED) is 0.754. The standard InChI is InChI=1S/C16H25N3O2/c1-11(19(3)15-8-9-15)10-17-16(21)18-14-6-4-13(5-7-14)12(2)20/h4-7,11-12,15,20H,8-10H2,1-3H3,(H2,17,18,21). The maximum atomic E-state index is 11.9. The minimum atomic E-state index is -0.494. The molecule has 1 aromatic carbocycles. The van der Waals surface area contributed by atoms with Gasteiger partial charge in [-0.2, -0.15) is 0 Å². The van der Waals surface area contributed by atoms with Crippen LogP contribution in [0.4, 0.5) is 10.5 Å². The summed E-state index contributed by atoms with van der Waals surface area (Å²) in [6.07, 6.45) is 2.04. The van der Waals surface area contributed by atoms with E-state index in [1.165, 1.54) is 12.8 Å². The summed E-state index contributed by atoms with van der Waals surface area (Å²) in [4.78, 5) is 14.2. The van der Waals surface area contributed by atoms with Crippen molar-refractivity contribution in [2.45, 2.75) is 44.9 Å². The fraction of sp³-hybridized carbons (Fsp3) is 0.562. The van der Waals surface area contributed by atoms with Gasteiger partial charge in [-0.3, -0.25) is 4.90 Å². The monoisotopic (exact) mass is 291 g/mol. The van der Waals surface area contributed by atoms with Gasteiger partial charge in [-0.1, -0.05) is 12.1 Å². The van der Waals surface area contributed by atoms with Crippen LogP contribution in [0.5, 0.6) is 0 Å². The van der Waals surface area contributed by atoms with Crippen LogP contribution in [0.3, 0.4) is 0 Å². The van der Waals surface area contributed by atoms with E-state index in [1.807, 2.05) is 12.1 Å². The Labute approximate surface area is 126 Å². The number of carbonyl (C=O) groups excluding carboxylic acids is 1. The minimum absolute atomic E-state index is 0.198. The Bertz CT molecular complexity index is 469. The number of carbonyl (C=O) groups is 1. The predicted molar refractivity (Wildman–Crippen MR) is 84.3 cm³/mol. The summed E-state index contributed by atoms with van der Waals surface area (Å²) in [6.45, 7) is 4.47. The molecule has 2 amide bonds. The summed E-state index contributed by atoms with van der Waals surface area (Å²) in [5.74, 6) is 0. The van der Waals surface area contributed by atoms with Gasteiger partial charge in [0.1, 0.15) is 0 Å². The zero-order valence-electron chi connectivity index (χ0n) is 13.0. The topological polar surface area (TPSA) is 64.6 Å². The lowest BCUT2D eigenvalue weighted by Crippen LogP contribution is -2.42. The van der Waals surface area contributed by atoms with Crippen molar-refractivity contribution in [2.24, 2.45) is 0 Å². The number of hydrogen-bond acceptors (Lipinski definition) is 3. The first-order valence-corrected chi connectivity index (χ1v) is 7.52. The molecule has 1 fully saturated rings. The highest BCUT2D eigenvalue weighted by molar-refractivity contribution is 5.89. The van der Waals surface area contributed by atoms with Gasteiger partial charge in [-0.15, -0.1) is 0 Å². The lowest BCUT2D eigenvalue weighted by atomic mass is 10.1. The molecule has 1 aromatic rings. The van der Waals surface area contributed by atoms with E-state index in [4.69, 9.17) is 0 Å². The second-order valence-electron chi connectivity index (χ2n) is 5.88. The maximum absolute atomic E-state index is 11.9. The van der Waals surface area contributed by atoms with E-state index < -0.39 is 6.10 Å². The van der Waals surface area contributed by atoms with Crippen molar-refractivity contribution in [3.05, 3.63) is 29.8 Å². The molecule has 2 atom stereocenters. The van der Waals surface area contributed by atoms with Crippen LogP contribution in [0.15, 0.2) is 24.3 Å². The van der Waals surface area contributed by atoms with Crippen LogP contribution in [0.2, 0.25) is 0 Å². The number of aliphatic hydroxyl groups is 1. The van der Waals surface area contributed by atoms with Crippen molar-refractivity contribution in [2.75, 3.05) is 18.9 Å². The van der Waals surface area contributed by atoms with Gasteiger partial charge in [0.15, 0.2) is 0 Å². The van der Waals surface area contributed by atoms with Gasteiger partial charge < -0.3 is 15.7 Å². The molecule has 2 rings (SSSR count). The number of rotatable bonds is 6. The second-order valence-corrected chi connectivity index (χ2v) is 5.88. The second kappa shape index (κ2) is 6.91. The molecule has 3 N–H and O–H groups in total. The van der Waals surface area contributed by atoms with E-state index in [0.29, 0.717) is 18.6 Å². The van der Waals surface area contributed by atoms with E-state index in [9.17, 15) is 9.90 Å². The Kier molecular flexibility index (Phi) is 5.20. The number of benzene rings is 1. The number of nitrogens with one attached hydrogen (secondary N) is 2. The first-order chi connectivity index (χ1) is 9.97. The third-order valence-corrected chi connectivity index (χ3v) is 4.03. The molecule has 0 aromatic heterocycles. The normalized spacial score (nSPS) is 17.4. The Hall–Kier alpha value is -1.59. The van der Waals surface area contributed by atoms with Gasteiger partial charge in [0.05, 0.1) is 6.10 Å². The van der Waals surface area contributed by atoms with Gasteiger partial charge in [-0.25, -0.2) is 4.79 Å². The van der Waals surface area contributed by atoms with Crippen molar-refractivity contribution < 1.29 is 9.90 Å². The summed E-state index contributed by atoms with van der Waals surface area (Å²) in [5.41, 5.74) is 1.56. The summed E-state index contributed by atoms with van der Waals surface area (Å²) >= 11 is 0. The van der Waals surface area contributed by atoms with E-state index >= 15 is 0 Å². The summed E-state index contributed by atoms with van der Waals surface area (Å²) in [6, 6.07) is 8.03. The molecule has 5 heteroatoms. The molecule has 1 aliphatic carbocycles. The zero-order valence-corrected chi connectivity index (χ0v) is 13.0. The van der Waals surface area contributed by atoms with E-state index in [0.717, 1.165) is 11.3 Å². The van der Waals surface area contributed by atoms with E-state index in [2.05, 4.69) is 29.5 Å². The third-order valence-electron chi connectivity index (χ3n) is 4.03. The van der Waals surface area contributed by atoms with Crippen LogP contribution >= 0.6 is 0 Å². The van der Waals surface area contributed by atoms with E-state index in [1.54, 1.807) is 19.1 Å². The number of anilines is 1. The lowest BCUT2D eigenvalue weighted by molar-refractivity contribution is 0.199. The van der Waals surface area contributed by atoms with Crippen molar-refractivity contribution in [1.82, 2.24) is 10.2 Å². The molecule has 1 saturated carbocycles. The number of likely N-dealkylation sites (N-methyl/N-ethyl adjacent to an activating group) is 1. The highest BCUT2D eigenvalue weighted by atomic mass is 16.3. The third kappa shape index (κ3) is 4.72. The molecule has 0 radical (unpaired) electrons. The maximum Gasteiger partial charge on any atom is 0.319 e. The number of amides is 2. The Balaban J connectivity index is 1.75. The van der Waals surface area contributed by atoms with Gasteiger partial charge in [0.25, 0.3) is 0 Å². The van der Waals surface area contributed by atoms with Crippen LogP contribution in [-0.2, 0) is 0 Å². The van der Waals surface area contributed by atoms with Crippen LogP contribution in [0, 0.1) is 0 Å². The fourth-order valence-electron chi connectivity index (χ4n) is 2.25. The molecule has 1 aliphatic rings. The number of hydrogen-bond donors (Lipinski definition) is 3. The number of nitrogens with zero attached hydrogens (tertiary/aromatic N) is 1. The Morgan fingerprint density at radius 3 is 2.48 bits per heavy atom. The van der Waals surface area contributed by atoms with Gasteiger partial charge in [-0.05, 0) is 51.4 Å². The first-order valence-electron chi connectivity index (χ1n) is 7.52. The first kappa shape index (κ1) is 15.8. The van der Waals surface area contributed by atoms with Crippen LogP contribution in [-0.4, -0.2) is 41.7 Å². The molecule has 0 heterocycles. The van der Waals surface area contributed by atoms with E-state index in [-0.39, 0.29) is 6.03 Å². The van der Waals surface area contributed by atoms with Crippen molar-refractivity contribution >= 4 is 11.7 Å². The molecular weight excluding hydrogens is 266 g/mol. The number of aliphatic hydroxyl groups excluding tert-OH is 1. The van der Waals surface area contributed by atoms with Crippen LogP contribution in [0.1, 0.15) is 38.4 Å². The zero-order chi connectivity index (χ0) is 15.4. The fourth-order valence-corrected chi connectivity index (χ4v) is 2.25. The SMILES string of the molecule is CC(O)c1ccc(NC(=O)NCC(C)N(C)C2CC2)cc1. The molecular formula is C16H25N3O2. The summed E-state index contributed by atoms with van der Waals surface area (Å²) in [7, 11) is 2.11. The highest BCUT2D eigenvalue weighted by Crippen LogP contribution is 2.26. The largest absolute Gasteiger partial charge is 0.389 e. The summed E-state index contributed by atoms with van der Waals surface area (Å²) in [5, 5.41) is 15.1. The Morgan fingerprint density at radius 2 is 1.95 bits per heavy atom. The Morgan fingerprint density at radius 1 is 1.33 bits per heavy atom. The molecule has 0 aliphatic heterocycles. The average molecular weight is 291 g/mol. The minimum Gasteiger partial charge on any atom is -0.389 e. The van der Waals surface area contributed by atoms with Gasteiger partial charge in [0, 0.05) is 24.3 Å². The lowest BCUT2D eigenvalue weighted by Gasteiger charge is -2.24. The van der Waals surface area contributed by atoms with Crippen LogP contribution in [0.25, 0.3) is 0 Å². The van der Waals surface area contributed by atoms with Gasteiger partial charge in [0.2, 0.25) is 0 Å². The smallest absolute Gasteiger partial charge is 0.319 e. The summed E-state index contributed by atoms with van der Waals surface area (Å²) < 4.78 is 0. The molecule has 0 spiro atoms. The van der Waals surface area contributed by atoms with Crippen LogP contribution < -0.4 is 10.6 Å². The van der Waals surface area contributed by atoms with Crippen molar-refractivity contribution in [1.29, 1.82) is 0 Å². The molecule has 0 bridgehead atoms. The highest BCUT2D eigenvalue weighted by Gasteiger charge is 2.29. The van der Waals surface area contributed by atoms with Crippen molar-refractivity contribution in [3.63, 3.8) is 0 Å². The number of urea groups is 1. The molecule has 116 valence electrons. The molecule has 0 saturated heterocycles. The molecule has 5 nitrogen and oxygen atoms in total. The molecule has 2 unspecified atom stereocenters. The predicted octanol–water partition coefficient (Wildman–Crippen LogP) is 2.34. The van der Waals surface area contributed by atoms with Crippen molar-refractivity contribution in [3.8, 4) is 0 Å². The molecule has 21 heavy (non-hydrogen) atoms. The van der Waals surface area contributed by atoms with Gasteiger partial charge >= 0.3 is 6.03 Å².